The van der Waals surface area contributed by atoms with Gasteiger partial charge in [-0.15, -0.1) is 0 Å². The Hall–Kier alpha value is -0.690. The largest absolute Gasteiger partial charge is 0.380 e. The van der Waals surface area contributed by atoms with Gasteiger partial charge in [-0.2, -0.15) is 0 Å². The molecule has 7 heteroatoms. The third kappa shape index (κ3) is 5.86. The van der Waals surface area contributed by atoms with Crippen molar-refractivity contribution in [3.05, 3.63) is 23.5 Å². The maximum atomic E-state index is 11.9. The van der Waals surface area contributed by atoms with E-state index in [1.165, 1.54) is 18.3 Å². The number of halogens is 1. The van der Waals surface area contributed by atoms with E-state index in [4.69, 9.17) is 16.3 Å². The predicted octanol–water partition coefficient (Wildman–Crippen LogP) is 2.08. The number of hydrogen-bond donors (Lipinski definition) is 1. The molecule has 0 saturated heterocycles. The molecule has 1 N–H and O–H groups in total. The van der Waals surface area contributed by atoms with Gasteiger partial charge < -0.3 is 4.74 Å². The molecule has 0 aromatic carbocycles. The molecule has 108 valence electrons. The van der Waals surface area contributed by atoms with Crippen LogP contribution in [0.5, 0.6) is 0 Å². The number of ether oxygens (including phenoxy) is 1. The van der Waals surface area contributed by atoms with Crippen LogP contribution in [0.25, 0.3) is 0 Å². The first kappa shape index (κ1) is 16.4. The fourth-order valence-corrected chi connectivity index (χ4v) is 2.78. The van der Waals surface area contributed by atoms with Crippen LogP contribution in [-0.2, 0) is 14.8 Å². The lowest BCUT2D eigenvalue weighted by atomic mass is 10.1. The van der Waals surface area contributed by atoms with Crippen LogP contribution in [0.15, 0.2) is 23.2 Å². The van der Waals surface area contributed by atoms with Gasteiger partial charge in [0.2, 0.25) is 10.0 Å². The summed E-state index contributed by atoms with van der Waals surface area (Å²) >= 11 is 5.74. The van der Waals surface area contributed by atoms with Crippen LogP contribution in [0.3, 0.4) is 0 Å². The molecule has 0 saturated carbocycles. The summed E-state index contributed by atoms with van der Waals surface area (Å²) in [4.78, 5) is 3.72. The molecule has 1 aromatic heterocycles. The Bertz CT molecular complexity index is 492. The minimum absolute atomic E-state index is 0.0150. The summed E-state index contributed by atoms with van der Waals surface area (Å²) in [5.41, 5.74) is 0. The summed E-state index contributed by atoms with van der Waals surface area (Å²) in [5.74, 6) is 0.575. The molecule has 1 rings (SSSR count). The second kappa shape index (κ2) is 7.79. The molecule has 0 fully saturated rings. The molecule has 19 heavy (non-hydrogen) atoms. The molecule has 0 unspecified atom stereocenters. The van der Waals surface area contributed by atoms with Gasteiger partial charge in [-0.05, 0) is 24.5 Å². The van der Waals surface area contributed by atoms with Gasteiger partial charge in [0.15, 0.2) is 0 Å². The van der Waals surface area contributed by atoms with E-state index in [0.717, 1.165) is 6.42 Å². The molecule has 0 bridgehead atoms. The monoisotopic (exact) mass is 306 g/mol. The van der Waals surface area contributed by atoms with Crippen LogP contribution < -0.4 is 4.72 Å². The van der Waals surface area contributed by atoms with Crippen LogP contribution in [0, 0.1) is 5.92 Å². The number of sulfonamides is 1. The first-order chi connectivity index (χ1) is 8.93. The van der Waals surface area contributed by atoms with Crippen molar-refractivity contribution in [1.82, 2.24) is 9.71 Å². The van der Waals surface area contributed by atoms with Crippen molar-refractivity contribution in [3.63, 3.8) is 0 Å². The van der Waals surface area contributed by atoms with Gasteiger partial charge in [0, 0.05) is 19.3 Å². The Labute approximate surface area is 119 Å². The second-order valence-corrected chi connectivity index (χ2v) is 6.58. The highest BCUT2D eigenvalue weighted by atomic mass is 35.5. The van der Waals surface area contributed by atoms with Gasteiger partial charge in [0.1, 0.15) is 10.0 Å². The minimum atomic E-state index is -3.62. The number of nitrogens with zero attached hydrogens (tertiary/aromatic N) is 1. The molecular formula is C12H19ClN2O3S. The highest BCUT2D eigenvalue weighted by Gasteiger charge is 2.17. The Morgan fingerprint density at radius 3 is 2.79 bits per heavy atom. The zero-order valence-electron chi connectivity index (χ0n) is 11.1. The molecule has 0 aliphatic heterocycles. The lowest BCUT2D eigenvalue weighted by Crippen LogP contribution is -2.28. The first-order valence-electron chi connectivity index (χ1n) is 6.11. The molecule has 1 heterocycles. The van der Waals surface area contributed by atoms with E-state index in [1.807, 2.05) is 0 Å². The number of aromatic nitrogens is 1. The Kier molecular flexibility index (Phi) is 6.71. The lowest BCUT2D eigenvalue weighted by Gasteiger charge is -2.09. The average molecular weight is 307 g/mol. The summed E-state index contributed by atoms with van der Waals surface area (Å²) in [6, 6.07) is 2.94. The average Bonchev–Trinajstić information content (AvgIpc) is 2.33. The topological polar surface area (TPSA) is 68.3 Å². The quantitative estimate of drug-likeness (QED) is 0.590. The summed E-state index contributed by atoms with van der Waals surface area (Å²) < 4.78 is 31.6. The van der Waals surface area contributed by atoms with Crippen molar-refractivity contribution in [3.8, 4) is 0 Å². The van der Waals surface area contributed by atoms with Crippen LogP contribution in [0.4, 0.5) is 0 Å². The fraction of sp³-hybridized carbons (Fsp3) is 0.583. The molecule has 5 nitrogen and oxygen atoms in total. The molecular weight excluding hydrogens is 288 g/mol. The SMILES string of the molecule is CC(C)CCOCCNS(=O)(=O)c1cccnc1Cl. The number of pyridine rings is 1. The summed E-state index contributed by atoms with van der Waals surface area (Å²) in [5, 5.41) is -0.0317. The van der Waals surface area contributed by atoms with Gasteiger partial charge in [0.25, 0.3) is 0 Å². The highest BCUT2D eigenvalue weighted by Crippen LogP contribution is 2.17. The number of hydrogen-bond acceptors (Lipinski definition) is 4. The van der Waals surface area contributed by atoms with Crippen LogP contribution in [-0.4, -0.2) is 33.2 Å². The molecule has 0 aliphatic rings. The second-order valence-electron chi connectivity index (χ2n) is 4.49. The van der Waals surface area contributed by atoms with E-state index in [1.54, 1.807) is 0 Å². The predicted molar refractivity (Wildman–Crippen MR) is 74.7 cm³/mol. The molecule has 0 atom stereocenters. The summed E-state index contributed by atoms with van der Waals surface area (Å²) in [7, 11) is -3.62. The smallest absolute Gasteiger partial charge is 0.243 e. The number of rotatable bonds is 8. The zero-order valence-corrected chi connectivity index (χ0v) is 12.7. The molecule has 0 aliphatic carbocycles. The third-order valence-electron chi connectivity index (χ3n) is 2.39. The standard InChI is InChI=1S/C12H19ClN2O3S/c1-10(2)5-8-18-9-7-15-19(16,17)11-4-3-6-14-12(11)13/h3-4,6,10,15H,5,7-9H2,1-2H3. The fourth-order valence-electron chi connectivity index (χ4n) is 1.32. The lowest BCUT2D eigenvalue weighted by molar-refractivity contribution is 0.128. The minimum Gasteiger partial charge on any atom is -0.380 e. The van der Waals surface area contributed by atoms with Crippen molar-refractivity contribution in [2.24, 2.45) is 5.92 Å². The molecule has 0 spiro atoms. The molecule has 0 amide bonds. The van der Waals surface area contributed by atoms with Gasteiger partial charge in [-0.1, -0.05) is 25.4 Å². The maximum absolute atomic E-state index is 11.9. The Morgan fingerprint density at radius 2 is 2.16 bits per heavy atom. The van der Waals surface area contributed by atoms with E-state index in [9.17, 15) is 8.42 Å². The van der Waals surface area contributed by atoms with E-state index in [0.29, 0.717) is 19.1 Å². The van der Waals surface area contributed by atoms with Crippen molar-refractivity contribution in [2.45, 2.75) is 25.2 Å². The highest BCUT2D eigenvalue weighted by molar-refractivity contribution is 7.89. The summed E-state index contributed by atoms with van der Waals surface area (Å²) in [6.07, 6.45) is 2.40. The van der Waals surface area contributed by atoms with Crippen LogP contribution >= 0.6 is 11.6 Å². The van der Waals surface area contributed by atoms with Gasteiger partial charge in [-0.25, -0.2) is 18.1 Å². The van der Waals surface area contributed by atoms with E-state index >= 15 is 0 Å². The van der Waals surface area contributed by atoms with Gasteiger partial charge >= 0.3 is 0 Å². The van der Waals surface area contributed by atoms with Crippen molar-refractivity contribution < 1.29 is 13.2 Å². The molecule has 0 radical (unpaired) electrons. The molecule has 1 aromatic rings. The van der Waals surface area contributed by atoms with Gasteiger partial charge in [-0.3, -0.25) is 0 Å². The van der Waals surface area contributed by atoms with Crippen molar-refractivity contribution in [2.75, 3.05) is 19.8 Å². The van der Waals surface area contributed by atoms with E-state index in [-0.39, 0.29) is 16.6 Å². The Balaban J connectivity index is 2.38. The Morgan fingerprint density at radius 1 is 1.42 bits per heavy atom. The normalized spacial score (nSPS) is 12.0. The first-order valence-corrected chi connectivity index (χ1v) is 7.97. The summed E-state index contributed by atoms with van der Waals surface area (Å²) in [6.45, 7) is 5.40. The van der Waals surface area contributed by atoms with E-state index < -0.39 is 10.0 Å². The number of nitrogens with one attached hydrogen (secondary N) is 1. The maximum Gasteiger partial charge on any atom is 0.243 e. The van der Waals surface area contributed by atoms with Crippen LogP contribution in [0.1, 0.15) is 20.3 Å². The zero-order chi connectivity index (χ0) is 14.3. The van der Waals surface area contributed by atoms with Gasteiger partial charge in [0.05, 0.1) is 6.61 Å². The van der Waals surface area contributed by atoms with Crippen molar-refractivity contribution in [1.29, 1.82) is 0 Å². The van der Waals surface area contributed by atoms with E-state index in [2.05, 4.69) is 23.6 Å². The van der Waals surface area contributed by atoms with Crippen molar-refractivity contribution >= 4 is 21.6 Å². The van der Waals surface area contributed by atoms with Crippen LogP contribution in [0.2, 0.25) is 5.15 Å². The third-order valence-corrected chi connectivity index (χ3v) is 4.30.